The minimum atomic E-state index is -4.34. The van der Waals surface area contributed by atoms with Gasteiger partial charge in [0.1, 0.15) is 6.54 Å². The molecule has 0 aliphatic heterocycles. The number of carbonyl (C=O) groups is 1. The number of nitro benzene ring substituents is 1. The first kappa shape index (κ1) is 20.3. The van der Waals surface area contributed by atoms with E-state index in [1.165, 1.54) is 24.6 Å². The Morgan fingerprint density at radius 2 is 1.77 bits per heavy atom. The van der Waals surface area contributed by atoms with Crippen LogP contribution in [0, 0.1) is 22.0 Å². The van der Waals surface area contributed by atoms with Crippen molar-refractivity contribution in [2.45, 2.75) is 36.6 Å². The first-order chi connectivity index (χ1) is 14.4. The number of carbonyl (C=O) groups excluding carboxylic acids is 1. The van der Waals surface area contributed by atoms with E-state index in [0.717, 1.165) is 29.6 Å². The Hall–Kier alpha value is -2.94. The SMILES string of the molecule is O=C(CN(c1ccccc1)S(=O)(=O)c1ccccc1[N+](=O)[O-])N[C@H]1C[C@H]2CC[C@H]1C2. The summed E-state index contributed by atoms with van der Waals surface area (Å²) in [7, 11) is -4.34. The summed E-state index contributed by atoms with van der Waals surface area (Å²) in [4.78, 5) is 23.0. The van der Waals surface area contributed by atoms with Crippen molar-refractivity contribution in [3.05, 3.63) is 64.7 Å². The largest absolute Gasteiger partial charge is 0.352 e. The summed E-state index contributed by atoms with van der Waals surface area (Å²) in [5.41, 5.74) is -0.245. The highest BCUT2D eigenvalue weighted by Crippen LogP contribution is 2.44. The average Bonchev–Trinajstić information content (AvgIpc) is 3.35. The molecule has 4 rings (SSSR count). The highest BCUT2D eigenvalue weighted by molar-refractivity contribution is 7.93. The van der Waals surface area contributed by atoms with Gasteiger partial charge in [-0.2, -0.15) is 0 Å². The number of hydrogen-bond acceptors (Lipinski definition) is 5. The molecule has 1 N–H and O–H groups in total. The predicted molar refractivity (Wildman–Crippen MR) is 111 cm³/mol. The second kappa shape index (κ2) is 8.06. The van der Waals surface area contributed by atoms with Crippen molar-refractivity contribution in [3.63, 3.8) is 0 Å². The topological polar surface area (TPSA) is 110 Å². The number of para-hydroxylation sites is 2. The Kier molecular flexibility index (Phi) is 5.46. The average molecular weight is 429 g/mol. The number of nitro groups is 1. The number of rotatable bonds is 7. The van der Waals surface area contributed by atoms with Gasteiger partial charge in [-0.1, -0.05) is 36.8 Å². The van der Waals surface area contributed by atoms with Crippen LogP contribution < -0.4 is 9.62 Å². The molecule has 2 fully saturated rings. The van der Waals surface area contributed by atoms with E-state index in [-0.39, 0.29) is 11.7 Å². The number of amides is 1. The number of benzene rings is 2. The zero-order valence-corrected chi connectivity index (χ0v) is 17.1. The molecule has 2 saturated carbocycles. The summed E-state index contributed by atoms with van der Waals surface area (Å²) < 4.78 is 27.7. The molecule has 2 bridgehead atoms. The van der Waals surface area contributed by atoms with Crippen molar-refractivity contribution in [2.75, 3.05) is 10.8 Å². The van der Waals surface area contributed by atoms with Gasteiger partial charge in [0, 0.05) is 12.1 Å². The maximum Gasteiger partial charge on any atom is 0.289 e. The van der Waals surface area contributed by atoms with Crippen LogP contribution in [0.2, 0.25) is 0 Å². The lowest BCUT2D eigenvalue weighted by Gasteiger charge is -2.27. The molecule has 2 aliphatic carbocycles. The third-order valence-electron chi connectivity index (χ3n) is 6.05. The molecular formula is C21H23N3O5S. The van der Waals surface area contributed by atoms with Crippen LogP contribution in [0.3, 0.4) is 0 Å². The van der Waals surface area contributed by atoms with Gasteiger partial charge in [-0.25, -0.2) is 8.42 Å². The fourth-order valence-corrected chi connectivity index (χ4v) is 6.24. The molecule has 0 saturated heterocycles. The third-order valence-corrected chi connectivity index (χ3v) is 7.87. The first-order valence-electron chi connectivity index (χ1n) is 9.97. The number of nitrogens with zero attached hydrogens (tertiary/aromatic N) is 2. The van der Waals surface area contributed by atoms with Crippen LogP contribution in [0.1, 0.15) is 25.7 Å². The molecule has 0 unspecified atom stereocenters. The van der Waals surface area contributed by atoms with Gasteiger partial charge in [-0.15, -0.1) is 0 Å². The summed E-state index contributed by atoms with van der Waals surface area (Å²) in [6.45, 7) is -0.438. The van der Waals surface area contributed by atoms with Crippen molar-refractivity contribution in [1.29, 1.82) is 0 Å². The van der Waals surface area contributed by atoms with Crippen molar-refractivity contribution in [3.8, 4) is 0 Å². The number of hydrogen-bond donors (Lipinski definition) is 1. The maximum atomic E-state index is 13.4. The van der Waals surface area contributed by atoms with Crippen LogP contribution in [0.25, 0.3) is 0 Å². The Bertz CT molecular complexity index is 1060. The van der Waals surface area contributed by atoms with E-state index in [2.05, 4.69) is 5.32 Å². The third kappa shape index (κ3) is 3.89. The Morgan fingerprint density at radius 3 is 2.40 bits per heavy atom. The smallest absolute Gasteiger partial charge is 0.289 e. The quantitative estimate of drug-likeness (QED) is 0.537. The second-order valence-electron chi connectivity index (χ2n) is 7.92. The molecule has 0 spiro atoms. The van der Waals surface area contributed by atoms with E-state index >= 15 is 0 Å². The Balaban J connectivity index is 1.63. The van der Waals surface area contributed by atoms with Crippen LogP contribution in [0.4, 0.5) is 11.4 Å². The molecule has 158 valence electrons. The standard InChI is InChI=1S/C21H23N3O5S/c25-21(22-18-13-15-10-11-16(18)12-15)14-23(17-6-2-1-3-7-17)30(28,29)20-9-5-4-8-19(20)24(26)27/h1-9,15-16,18H,10-14H2,(H,22,25)/t15-,16-,18-/m0/s1. The minimum Gasteiger partial charge on any atom is -0.352 e. The molecule has 2 aliphatic rings. The highest BCUT2D eigenvalue weighted by Gasteiger charge is 2.41. The van der Waals surface area contributed by atoms with Crippen molar-refractivity contribution < 1.29 is 18.1 Å². The molecule has 2 aromatic rings. The summed E-state index contributed by atoms with van der Waals surface area (Å²) in [6.07, 6.45) is 4.33. The first-order valence-corrected chi connectivity index (χ1v) is 11.4. The van der Waals surface area contributed by atoms with Gasteiger partial charge in [0.25, 0.3) is 15.7 Å². The fourth-order valence-electron chi connectivity index (χ4n) is 4.66. The number of nitrogens with one attached hydrogen (secondary N) is 1. The number of anilines is 1. The highest BCUT2D eigenvalue weighted by atomic mass is 32.2. The summed E-state index contributed by atoms with van der Waals surface area (Å²) in [5, 5.41) is 14.4. The lowest BCUT2D eigenvalue weighted by molar-refractivity contribution is -0.387. The molecule has 30 heavy (non-hydrogen) atoms. The maximum absolute atomic E-state index is 13.4. The van der Waals surface area contributed by atoms with Gasteiger partial charge < -0.3 is 5.32 Å². The van der Waals surface area contributed by atoms with Gasteiger partial charge in [0.05, 0.1) is 10.6 Å². The van der Waals surface area contributed by atoms with E-state index in [0.29, 0.717) is 11.8 Å². The van der Waals surface area contributed by atoms with E-state index < -0.39 is 38.0 Å². The molecule has 3 atom stereocenters. The van der Waals surface area contributed by atoms with Crippen LogP contribution in [0.5, 0.6) is 0 Å². The zero-order valence-electron chi connectivity index (χ0n) is 16.3. The summed E-state index contributed by atoms with van der Waals surface area (Å²) in [6, 6.07) is 13.4. The predicted octanol–water partition coefficient (Wildman–Crippen LogP) is 3.09. The van der Waals surface area contributed by atoms with Gasteiger partial charge in [-0.3, -0.25) is 19.2 Å². The molecule has 2 aromatic carbocycles. The van der Waals surface area contributed by atoms with E-state index in [1.54, 1.807) is 30.3 Å². The van der Waals surface area contributed by atoms with Crippen LogP contribution in [-0.4, -0.2) is 31.8 Å². The number of sulfonamides is 1. The van der Waals surface area contributed by atoms with Gasteiger partial charge in [-0.05, 0) is 49.3 Å². The molecule has 1 amide bonds. The molecule has 0 aromatic heterocycles. The number of fused-ring (bicyclic) bond motifs is 2. The summed E-state index contributed by atoms with van der Waals surface area (Å²) >= 11 is 0. The van der Waals surface area contributed by atoms with E-state index in [9.17, 15) is 23.3 Å². The molecule has 0 heterocycles. The molecule has 0 radical (unpaired) electrons. The molecule has 8 nitrogen and oxygen atoms in total. The van der Waals surface area contributed by atoms with Gasteiger partial charge in [0.2, 0.25) is 5.91 Å². The van der Waals surface area contributed by atoms with Crippen molar-refractivity contribution in [2.24, 2.45) is 11.8 Å². The van der Waals surface area contributed by atoms with E-state index in [1.807, 2.05) is 0 Å². The van der Waals surface area contributed by atoms with Crippen LogP contribution >= 0.6 is 0 Å². The zero-order chi connectivity index (χ0) is 21.3. The van der Waals surface area contributed by atoms with Crippen molar-refractivity contribution in [1.82, 2.24) is 5.32 Å². The summed E-state index contributed by atoms with van der Waals surface area (Å²) in [5.74, 6) is 0.690. The minimum absolute atomic E-state index is 0.0719. The second-order valence-corrected chi connectivity index (χ2v) is 9.75. The lowest BCUT2D eigenvalue weighted by Crippen LogP contribution is -2.46. The van der Waals surface area contributed by atoms with E-state index in [4.69, 9.17) is 0 Å². The van der Waals surface area contributed by atoms with Crippen LogP contribution in [0.15, 0.2) is 59.5 Å². The Labute approximate surface area is 175 Å². The fraction of sp³-hybridized carbons (Fsp3) is 0.381. The monoisotopic (exact) mass is 429 g/mol. The van der Waals surface area contributed by atoms with Gasteiger partial charge in [0.15, 0.2) is 4.90 Å². The normalized spacial score (nSPS) is 22.6. The van der Waals surface area contributed by atoms with Gasteiger partial charge >= 0.3 is 0 Å². The molecule has 9 heteroatoms. The van der Waals surface area contributed by atoms with Crippen LogP contribution in [-0.2, 0) is 14.8 Å². The lowest BCUT2D eigenvalue weighted by atomic mass is 9.95. The molecular weight excluding hydrogens is 406 g/mol. The van der Waals surface area contributed by atoms with Crippen molar-refractivity contribution >= 4 is 27.3 Å². The Morgan fingerprint density at radius 1 is 1.07 bits per heavy atom.